The van der Waals surface area contributed by atoms with Crippen molar-refractivity contribution in [1.29, 1.82) is 5.26 Å². The number of rotatable bonds is 3. The average Bonchev–Trinajstić information content (AvgIpc) is 2.20. The molecule has 1 aromatic heterocycles. The van der Waals surface area contributed by atoms with Crippen LogP contribution in [0.15, 0.2) is 18.3 Å². The van der Waals surface area contributed by atoms with E-state index in [0.717, 1.165) is 18.9 Å². The van der Waals surface area contributed by atoms with E-state index in [1.165, 1.54) is 0 Å². The lowest BCUT2D eigenvalue weighted by Crippen LogP contribution is -2.23. The zero-order chi connectivity index (χ0) is 9.68. The van der Waals surface area contributed by atoms with E-state index < -0.39 is 0 Å². The van der Waals surface area contributed by atoms with Gasteiger partial charge in [0.25, 0.3) is 0 Å². The van der Waals surface area contributed by atoms with Crippen LogP contribution in [0.3, 0.4) is 0 Å². The van der Waals surface area contributed by atoms with Crippen LogP contribution in [0.1, 0.15) is 19.4 Å². The fourth-order valence-corrected chi connectivity index (χ4v) is 1.26. The minimum atomic E-state index is 0.645. The van der Waals surface area contributed by atoms with Gasteiger partial charge in [-0.2, -0.15) is 5.26 Å². The van der Waals surface area contributed by atoms with Gasteiger partial charge < -0.3 is 4.90 Å². The maximum Gasteiger partial charge on any atom is 0.146 e. The lowest BCUT2D eigenvalue weighted by atomic mass is 10.2. The van der Waals surface area contributed by atoms with Crippen molar-refractivity contribution in [1.82, 2.24) is 4.98 Å². The second kappa shape index (κ2) is 4.46. The molecule has 0 aliphatic carbocycles. The number of anilines is 1. The molecule has 1 aromatic rings. The van der Waals surface area contributed by atoms with Crippen molar-refractivity contribution in [3.8, 4) is 6.07 Å². The third-order valence-corrected chi connectivity index (χ3v) is 1.97. The molecule has 68 valence electrons. The third kappa shape index (κ3) is 1.97. The normalized spacial score (nSPS) is 9.31. The van der Waals surface area contributed by atoms with E-state index in [0.29, 0.717) is 5.56 Å². The SMILES string of the molecule is CCN(CC)c1ncccc1C#N. The van der Waals surface area contributed by atoms with Crippen LogP contribution in [0, 0.1) is 11.3 Å². The lowest BCUT2D eigenvalue weighted by Gasteiger charge is -2.20. The highest BCUT2D eigenvalue weighted by molar-refractivity contribution is 5.53. The highest BCUT2D eigenvalue weighted by Crippen LogP contribution is 2.14. The van der Waals surface area contributed by atoms with E-state index in [1.807, 2.05) is 0 Å². The molecule has 0 atom stereocenters. The summed E-state index contributed by atoms with van der Waals surface area (Å²) in [7, 11) is 0. The van der Waals surface area contributed by atoms with Gasteiger partial charge in [-0.25, -0.2) is 4.98 Å². The molecular formula is C10H13N3. The third-order valence-electron chi connectivity index (χ3n) is 1.97. The molecule has 0 fully saturated rings. The summed E-state index contributed by atoms with van der Waals surface area (Å²) in [5.74, 6) is 0.787. The Morgan fingerprint density at radius 2 is 2.15 bits per heavy atom. The Balaban J connectivity index is 3.05. The molecular weight excluding hydrogens is 162 g/mol. The number of nitriles is 1. The number of aromatic nitrogens is 1. The summed E-state index contributed by atoms with van der Waals surface area (Å²) < 4.78 is 0. The lowest BCUT2D eigenvalue weighted by molar-refractivity contribution is 0.844. The summed E-state index contributed by atoms with van der Waals surface area (Å²) in [5.41, 5.74) is 0.645. The maximum atomic E-state index is 8.84. The van der Waals surface area contributed by atoms with Gasteiger partial charge in [-0.3, -0.25) is 0 Å². The van der Waals surface area contributed by atoms with Crippen molar-refractivity contribution in [2.75, 3.05) is 18.0 Å². The molecule has 13 heavy (non-hydrogen) atoms. The van der Waals surface area contributed by atoms with Gasteiger partial charge in [-0.1, -0.05) is 0 Å². The predicted molar refractivity (Wildman–Crippen MR) is 52.5 cm³/mol. The Bertz CT molecular complexity index is 310. The van der Waals surface area contributed by atoms with Crippen LogP contribution >= 0.6 is 0 Å². The van der Waals surface area contributed by atoms with Crippen molar-refractivity contribution in [3.05, 3.63) is 23.9 Å². The standard InChI is InChI=1S/C10H13N3/c1-3-13(4-2)10-9(8-11)6-5-7-12-10/h5-7H,3-4H2,1-2H3. The Morgan fingerprint density at radius 3 is 2.69 bits per heavy atom. The first-order valence-electron chi connectivity index (χ1n) is 4.43. The maximum absolute atomic E-state index is 8.84. The highest BCUT2D eigenvalue weighted by Gasteiger charge is 2.07. The van der Waals surface area contributed by atoms with Crippen molar-refractivity contribution in [3.63, 3.8) is 0 Å². The fourth-order valence-electron chi connectivity index (χ4n) is 1.26. The Hall–Kier alpha value is -1.56. The van der Waals surface area contributed by atoms with Gasteiger partial charge in [-0.05, 0) is 26.0 Å². The van der Waals surface area contributed by atoms with E-state index in [4.69, 9.17) is 5.26 Å². The van der Waals surface area contributed by atoms with Crippen molar-refractivity contribution < 1.29 is 0 Å². The summed E-state index contributed by atoms with van der Waals surface area (Å²) in [6, 6.07) is 5.72. The van der Waals surface area contributed by atoms with Crippen LogP contribution in [0.4, 0.5) is 5.82 Å². The van der Waals surface area contributed by atoms with Crippen LogP contribution in [0.5, 0.6) is 0 Å². The van der Waals surface area contributed by atoms with Gasteiger partial charge in [0.05, 0.1) is 5.56 Å². The minimum Gasteiger partial charge on any atom is -0.356 e. The Kier molecular flexibility index (Phi) is 3.27. The first kappa shape index (κ1) is 9.53. The zero-order valence-electron chi connectivity index (χ0n) is 7.99. The van der Waals surface area contributed by atoms with Crippen LogP contribution in [0.2, 0.25) is 0 Å². The molecule has 3 heteroatoms. The predicted octanol–water partition coefficient (Wildman–Crippen LogP) is 1.80. The molecule has 0 amide bonds. The molecule has 0 bridgehead atoms. The van der Waals surface area contributed by atoms with Crippen LogP contribution in [0.25, 0.3) is 0 Å². The van der Waals surface area contributed by atoms with E-state index in [9.17, 15) is 0 Å². The molecule has 0 unspecified atom stereocenters. The largest absolute Gasteiger partial charge is 0.356 e. The highest BCUT2D eigenvalue weighted by atomic mass is 15.2. The molecule has 0 aliphatic heterocycles. The fraction of sp³-hybridized carbons (Fsp3) is 0.400. The van der Waals surface area contributed by atoms with E-state index in [1.54, 1.807) is 18.3 Å². The minimum absolute atomic E-state index is 0.645. The first-order valence-corrected chi connectivity index (χ1v) is 4.43. The number of hydrogen-bond acceptors (Lipinski definition) is 3. The van der Waals surface area contributed by atoms with Crippen LogP contribution in [-0.4, -0.2) is 18.1 Å². The molecule has 0 N–H and O–H groups in total. The van der Waals surface area contributed by atoms with Crippen LogP contribution in [-0.2, 0) is 0 Å². The number of nitrogens with zero attached hydrogens (tertiary/aromatic N) is 3. The number of hydrogen-bond donors (Lipinski definition) is 0. The van der Waals surface area contributed by atoms with Crippen molar-refractivity contribution in [2.45, 2.75) is 13.8 Å². The first-order chi connectivity index (χ1) is 6.33. The van der Waals surface area contributed by atoms with Gasteiger partial charge in [-0.15, -0.1) is 0 Å². The quantitative estimate of drug-likeness (QED) is 0.703. The van der Waals surface area contributed by atoms with Gasteiger partial charge in [0.2, 0.25) is 0 Å². The summed E-state index contributed by atoms with van der Waals surface area (Å²) in [6.07, 6.45) is 1.72. The van der Waals surface area contributed by atoms with Crippen LogP contribution < -0.4 is 4.90 Å². The second-order valence-electron chi connectivity index (χ2n) is 2.66. The van der Waals surface area contributed by atoms with E-state index in [2.05, 4.69) is 29.8 Å². The topological polar surface area (TPSA) is 39.9 Å². The summed E-state index contributed by atoms with van der Waals surface area (Å²) in [4.78, 5) is 6.26. The summed E-state index contributed by atoms with van der Waals surface area (Å²) in [5, 5.41) is 8.84. The molecule has 0 saturated carbocycles. The molecule has 0 aromatic carbocycles. The Labute approximate surface area is 78.6 Å². The van der Waals surface area contributed by atoms with Gasteiger partial charge in [0.1, 0.15) is 11.9 Å². The van der Waals surface area contributed by atoms with Crippen molar-refractivity contribution in [2.24, 2.45) is 0 Å². The smallest absolute Gasteiger partial charge is 0.146 e. The molecule has 1 heterocycles. The molecule has 0 radical (unpaired) electrons. The van der Waals surface area contributed by atoms with Gasteiger partial charge >= 0.3 is 0 Å². The average molecular weight is 175 g/mol. The van der Waals surface area contributed by atoms with Gasteiger partial charge in [0.15, 0.2) is 0 Å². The monoisotopic (exact) mass is 175 g/mol. The number of pyridine rings is 1. The second-order valence-corrected chi connectivity index (χ2v) is 2.66. The molecule has 0 aliphatic rings. The van der Waals surface area contributed by atoms with E-state index >= 15 is 0 Å². The van der Waals surface area contributed by atoms with Crippen molar-refractivity contribution >= 4 is 5.82 Å². The molecule has 1 rings (SSSR count). The molecule has 0 saturated heterocycles. The summed E-state index contributed by atoms with van der Waals surface area (Å²) >= 11 is 0. The Morgan fingerprint density at radius 1 is 1.46 bits per heavy atom. The summed E-state index contributed by atoms with van der Waals surface area (Å²) in [6.45, 7) is 5.86. The molecule has 3 nitrogen and oxygen atoms in total. The van der Waals surface area contributed by atoms with Gasteiger partial charge in [0, 0.05) is 19.3 Å². The van der Waals surface area contributed by atoms with E-state index in [-0.39, 0.29) is 0 Å². The zero-order valence-corrected chi connectivity index (χ0v) is 7.99. The molecule has 0 spiro atoms.